The van der Waals surface area contributed by atoms with Crippen LogP contribution in [0.3, 0.4) is 0 Å². The highest BCUT2D eigenvalue weighted by Gasteiger charge is 2.21. The summed E-state index contributed by atoms with van der Waals surface area (Å²) in [5, 5.41) is 6.12. The topological polar surface area (TPSA) is 133 Å². The average Bonchev–Trinajstić information content (AvgIpc) is 3.25. The van der Waals surface area contributed by atoms with E-state index in [1.807, 2.05) is 12.1 Å². The van der Waals surface area contributed by atoms with Gasteiger partial charge in [0.1, 0.15) is 5.69 Å². The first kappa shape index (κ1) is 26.9. The number of aromatic amines is 1. The van der Waals surface area contributed by atoms with Crippen molar-refractivity contribution in [2.24, 2.45) is 0 Å². The van der Waals surface area contributed by atoms with E-state index in [0.717, 1.165) is 11.1 Å². The summed E-state index contributed by atoms with van der Waals surface area (Å²) in [6.45, 7) is 8.17. The predicted molar refractivity (Wildman–Crippen MR) is 148 cm³/mol. The number of benzene rings is 2. The molecule has 4 rings (SSSR count). The minimum atomic E-state index is -3.84. The number of nitrogens with one attached hydrogen (secondary N) is 4. The van der Waals surface area contributed by atoms with Gasteiger partial charge in [-0.15, -0.1) is 0 Å². The van der Waals surface area contributed by atoms with Crippen LogP contribution in [0, 0.1) is 0 Å². The number of amides is 2. The van der Waals surface area contributed by atoms with Gasteiger partial charge in [-0.1, -0.05) is 32.9 Å². The highest BCUT2D eigenvalue weighted by Crippen LogP contribution is 2.34. The fraction of sp³-hybridized carbons (Fsp3) is 0.250. The number of aromatic nitrogens is 2. The minimum Gasteiger partial charge on any atom is -0.355 e. The van der Waals surface area contributed by atoms with E-state index in [1.165, 1.54) is 6.92 Å². The lowest BCUT2D eigenvalue weighted by molar-refractivity contribution is -0.118. The Hall–Kier alpha value is -4.18. The summed E-state index contributed by atoms with van der Waals surface area (Å²) in [4.78, 5) is 31.6. The second kappa shape index (κ2) is 10.7. The van der Waals surface area contributed by atoms with Gasteiger partial charge in [0.15, 0.2) is 0 Å². The molecule has 10 heteroatoms. The van der Waals surface area contributed by atoms with Gasteiger partial charge in [0.25, 0.3) is 15.9 Å². The van der Waals surface area contributed by atoms with Crippen LogP contribution in [0.4, 0.5) is 5.69 Å². The lowest BCUT2D eigenvalue weighted by Gasteiger charge is -2.19. The first-order valence-electron chi connectivity index (χ1n) is 12.2. The van der Waals surface area contributed by atoms with Crippen LogP contribution in [-0.4, -0.2) is 43.3 Å². The molecule has 0 spiro atoms. The Morgan fingerprint density at radius 2 is 1.58 bits per heavy atom. The molecule has 38 heavy (non-hydrogen) atoms. The zero-order chi connectivity index (χ0) is 27.5. The number of hydrogen-bond donors (Lipinski definition) is 4. The Kier molecular flexibility index (Phi) is 7.54. The largest absolute Gasteiger partial charge is 0.355 e. The molecule has 198 valence electrons. The van der Waals surface area contributed by atoms with Crippen LogP contribution in [0.1, 0.15) is 43.7 Å². The summed E-state index contributed by atoms with van der Waals surface area (Å²) in [6, 6.07) is 15.5. The number of sulfonamides is 1. The number of anilines is 1. The lowest BCUT2D eigenvalue weighted by Crippen LogP contribution is -2.34. The maximum absolute atomic E-state index is 13.1. The van der Waals surface area contributed by atoms with Crippen molar-refractivity contribution in [2.75, 3.05) is 17.8 Å². The summed E-state index contributed by atoms with van der Waals surface area (Å²) >= 11 is 0. The van der Waals surface area contributed by atoms with Gasteiger partial charge >= 0.3 is 0 Å². The second-order valence-electron chi connectivity index (χ2n) is 9.99. The van der Waals surface area contributed by atoms with Crippen molar-refractivity contribution in [2.45, 2.75) is 38.0 Å². The van der Waals surface area contributed by atoms with E-state index in [9.17, 15) is 18.0 Å². The van der Waals surface area contributed by atoms with Crippen LogP contribution in [0.15, 0.2) is 71.9 Å². The number of pyridine rings is 1. The van der Waals surface area contributed by atoms with Crippen molar-refractivity contribution in [3.8, 4) is 11.1 Å². The van der Waals surface area contributed by atoms with E-state index >= 15 is 0 Å². The van der Waals surface area contributed by atoms with Gasteiger partial charge in [0.2, 0.25) is 5.91 Å². The van der Waals surface area contributed by atoms with Crippen LogP contribution in [-0.2, 0) is 20.2 Å². The van der Waals surface area contributed by atoms with Crippen molar-refractivity contribution in [3.63, 3.8) is 0 Å². The molecular formula is C28H31N5O4S. The van der Waals surface area contributed by atoms with Crippen LogP contribution in [0.2, 0.25) is 0 Å². The van der Waals surface area contributed by atoms with E-state index in [-0.39, 0.29) is 28.7 Å². The third-order valence-corrected chi connectivity index (χ3v) is 7.46. The van der Waals surface area contributed by atoms with Crippen molar-refractivity contribution in [1.82, 2.24) is 20.6 Å². The fourth-order valence-electron chi connectivity index (χ4n) is 4.10. The van der Waals surface area contributed by atoms with E-state index in [2.05, 4.69) is 46.1 Å². The number of fused-ring (bicyclic) bond motifs is 1. The van der Waals surface area contributed by atoms with E-state index in [0.29, 0.717) is 34.4 Å². The molecule has 0 aliphatic rings. The van der Waals surface area contributed by atoms with Gasteiger partial charge < -0.3 is 15.6 Å². The Bertz CT molecular complexity index is 1570. The molecule has 2 heterocycles. The van der Waals surface area contributed by atoms with Gasteiger partial charge in [-0.25, -0.2) is 8.42 Å². The van der Waals surface area contributed by atoms with Crippen molar-refractivity contribution >= 4 is 38.4 Å². The predicted octanol–water partition coefficient (Wildman–Crippen LogP) is 4.19. The number of nitrogens with zero attached hydrogens (tertiary/aromatic N) is 1. The van der Waals surface area contributed by atoms with Crippen molar-refractivity contribution in [3.05, 3.63) is 78.2 Å². The Morgan fingerprint density at radius 3 is 2.21 bits per heavy atom. The zero-order valence-corrected chi connectivity index (χ0v) is 22.6. The van der Waals surface area contributed by atoms with Gasteiger partial charge in [-0.3, -0.25) is 19.3 Å². The summed E-state index contributed by atoms with van der Waals surface area (Å²) in [5.41, 5.74) is 3.67. The Morgan fingerprint density at radius 1 is 0.921 bits per heavy atom. The van der Waals surface area contributed by atoms with Gasteiger partial charge in [-0.05, 0) is 59.0 Å². The van der Waals surface area contributed by atoms with Crippen LogP contribution < -0.4 is 15.4 Å². The third kappa shape index (κ3) is 6.03. The normalized spacial score (nSPS) is 11.8. The zero-order valence-electron chi connectivity index (χ0n) is 21.8. The number of hydrogen-bond acceptors (Lipinski definition) is 5. The average molecular weight is 534 g/mol. The highest BCUT2D eigenvalue weighted by molar-refractivity contribution is 7.92. The third-order valence-electron chi connectivity index (χ3n) is 6.06. The molecule has 0 bridgehead atoms. The standard InChI is InChI=1S/C28H31N5O4S/c1-18(34)30-15-16-31-27(35)26-25(19-11-13-29-14-12-19)23-17-21(7-10-24(23)32-26)33-38(36,37)22-8-5-20(6-9-22)28(2,3)4/h5-14,17,32-33H,15-16H2,1-4H3,(H,30,34)(H,31,35). The Labute approximate surface area is 222 Å². The minimum absolute atomic E-state index is 0.0909. The van der Waals surface area contributed by atoms with Crippen molar-refractivity contribution in [1.29, 1.82) is 0 Å². The highest BCUT2D eigenvalue weighted by atomic mass is 32.2. The molecule has 9 nitrogen and oxygen atoms in total. The monoisotopic (exact) mass is 533 g/mol. The second-order valence-corrected chi connectivity index (χ2v) is 11.7. The molecule has 0 saturated heterocycles. The molecule has 0 fully saturated rings. The molecule has 0 aliphatic heterocycles. The molecular weight excluding hydrogens is 502 g/mol. The molecule has 0 saturated carbocycles. The van der Waals surface area contributed by atoms with E-state index in [4.69, 9.17) is 0 Å². The SMILES string of the molecule is CC(=O)NCCNC(=O)c1[nH]c2ccc(NS(=O)(=O)c3ccc(C(C)(C)C)cc3)cc2c1-c1ccncc1. The summed E-state index contributed by atoms with van der Waals surface area (Å²) in [7, 11) is -3.84. The van der Waals surface area contributed by atoms with Gasteiger partial charge in [-0.2, -0.15) is 0 Å². The maximum atomic E-state index is 13.1. The van der Waals surface area contributed by atoms with Gasteiger partial charge in [0, 0.05) is 54.6 Å². The van der Waals surface area contributed by atoms with Crippen LogP contribution >= 0.6 is 0 Å². The molecule has 0 radical (unpaired) electrons. The summed E-state index contributed by atoms with van der Waals surface area (Å²) in [6.07, 6.45) is 3.25. The molecule has 2 amide bonds. The molecule has 0 unspecified atom stereocenters. The van der Waals surface area contributed by atoms with Crippen LogP contribution in [0.25, 0.3) is 22.0 Å². The van der Waals surface area contributed by atoms with E-state index in [1.54, 1.807) is 54.9 Å². The lowest BCUT2D eigenvalue weighted by atomic mass is 9.87. The van der Waals surface area contributed by atoms with Crippen LogP contribution in [0.5, 0.6) is 0 Å². The maximum Gasteiger partial charge on any atom is 0.268 e. The fourth-order valence-corrected chi connectivity index (χ4v) is 5.14. The van der Waals surface area contributed by atoms with E-state index < -0.39 is 10.0 Å². The molecule has 0 aliphatic carbocycles. The summed E-state index contributed by atoms with van der Waals surface area (Å²) < 4.78 is 28.9. The molecule has 2 aromatic heterocycles. The molecule has 4 aromatic rings. The van der Waals surface area contributed by atoms with Gasteiger partial charge in [0.05, 0.1) is 4.90 Å². The quantitative estimate of drug-likeness (QED) is 0.252. The first-order valence-corrected chi connectivity index (χ1v) is 13.7. The Balaban J connectivity index is 1.68. The number of H-pyrrole nitrogens is 1. The smallest absolute Gasteiger partial charge is 0.268 e. The number of carbonyl (C=O) groups is 2. The number of carbonyl (C=O) groups excluding carboxylic acids is 2. The first-order chi connectivity index (χ1) is 18.0. The van der Waals surface area contributed by atoms with Crippen molar-refractivity contribution < 1.29 is 18.0 Å². The number of rotatable bonds is 8. The molecule has 0 atom stereocenters. The molecule has 4 N–H and O–H groups in total. The molecule has 2 aromatic carbocycles. The summed E-state index contributed by atoms with van der Waals surface area (Å²) in [5.74, 6) is -0.526.